The van der Waals surface area contributed by atoms with Crippen LogP contribution >= 0.6 is 0 Å². The normalized spacial score (nSPS) is 12.7. The first-order valence-corrected chi connectivity index (χ1v) is 7.00. The molecule has 0 saturated carbocycles. The third-order valence-electron chi connectivity index (χ3n) is 3.87. The molecule has 5 heteroatoms. The van der Waals surface area contributed by atoms with Gasteiger partial charge in [-0.05, 0) is 43.9 Å². The Balaban J connectivity index is 1.99. The molecule has 114 valence electrons. The van der Waals surface area contributed by atoms with Crippen molar-refractivity contribution in [1.29, 1.82) is 0 Å². The van der Waals surface area contributed by atoms with Crippen LogP contribution in [0, 0.1) is 25.5 Å². The number of hydrogen-bond donors (Lipinski definition) is 1. The maximum Gasteiger partial charge on any atom is 0.162 e. The fraction of sp³-hybridized carbons (Fsp3) is 0.438. The highest BCUT2D eigenvalue weighted by Crippen LogP contribution is 2.18. The van der Waals surface area contributed by atoms with Gasteiger partial charge in [0.2, 0.25) is 0 Å². The van der Waals surface area contributed by atoms with E-state index in [0.717, 1.165) is 23.0 Å². The highest BCUT2D eigenvalue weighted by atomic mass is 19.2. The van der Waals surface area contributed by atoms with Gasteiger partial charge in [0, 0.05) is 19.2 Å². The van der Waals surface area contributed by atoms with Gasteiger partial charge in [-0.25, -0.2) is 8.78 Å². The fourth-order valence-electron chi connectivity index (χ4n) is 2.55. The smallest absolute Gasteiger partial charge is 0.162 e. The van der Waals surface area contributed by atoms with Gasteiger partial charge < -0.3 is 5.11 Å². The number of hydrogen-bond acceptors (Lipinski definition) is 2. The molecule has 1 aromatic carbocycles. The zero-order valence-corrected chi connectivity index (χ0v) is 12.5. The Labute approximate surface area is 123 Å². The number of halogens is 2. The van der Waals surface area contributed by atoms with Gasteiger partial charge in [0.25, 0.3) is 0 Å². The van der Waals surface area contributed by atoms with Crippen molar-refractivity contribution in [2.24, 2.45) is 7.05 Å². The van der Waals surface area contributed by atoms with E-state index in [2.05, 4.69) is 5.10 Å². The average Bonchev–Trinajstić information content (AvgIpc) is 2.67. The predicted octanol–water partition coefficient (Wildman–Crippen LogP) is 2.85. The summed E-state index contributed by atoms with van der Waals surface area (Å²) >= 11 is 0. The van der Waals surface area contributed by atoms with Crippen molar-refractivity contribution in [2.45, 2.75) is 39.2 Å². The van der Waals surface area contributed by atoms with Crippen LogP contribution in [0.2, 0.25) is 0 Å². The van der Waals surface area contributed by atoms with Crippen LogP contribution < -0.4 is 0 Å². The zero-order chi connectivity index (χ0) is 15.6. The van der Waals surface area contributed by atoms with E-state index >= 15 is 0 Å². The Bertz CT molecular complexity index is 637. The number of nitrogens with zero attached hydrogens (tertiary/aromatic N) is 2. The van der Waals surface area contributed by atoms with E-state index in [0.29, 0.717) is 12.8 Å². The summed E-state index contributed by atoms with van der Waals surface area (Å²) in [5.41, 5.74) is 3.33. The molecule has 0 aliphatic rings. The number of rotatable bonds is 5. The van der Waals surface area contributed by atoms with Crippen LogP contribution in [-0.2, 0) is 19.9 Å². The lowest BCUT2D eigenvalue weighted by atomic mass is 10.00. The van der Waals surface area contributed by atoms with E-state index in [1.165, 1.54) is 12.1 Å². The number of benzene rings is 1. The molecule has 1 heterocycles. The van der Waals surface area contributed by atoms with Gasteiger partial charge in [-0.1, -0.05) is 12.1 Å². The van der Waals surface area contributed by atoms with Crippen LogP contribution in [-0.4, -0.2) is 21.0 Å². The van der Waals surface area contributed by atoms with Crippen molar-refractivity contribution in [3.63, 3.8) is 0 Å². The van der Waals surface area contributed by atoms with Crippen molar-refractivity contribution >= 4 is 0 Å². The quantitative estimate of drug-likeness (QED) is 0.921. The molecule has 1 atom stereocenters. The van der Waals surface area contributed by atoms with Crippen LogP contribution in [0.4, 0.5) is 8.78 Å². The number of aryl methyl sites for hydroxylation is 2. The van der Waals surface area contributed by atoms with E-state index in [1.807, 2.05) is 25.6 Å². The van der Waals surface area contributed by atoms with Gasteiger partial charge in [0.05, 0.1) is 11.8 Å². The minimum atomic E-state index is -0.876. The molecular weight excluding hydrogens is 274 g/mol. The van der Waals surface area contributed by atoms with Gasteiger partial charge in [0.15, 0.2) is 11.6 Å². The van der Waals surface area contributed by atoms with Crippen LogP contribution in [0.1, 0.15) is 28.9 Å². The number of aromatic nitrogens is 2. The van der Waals surface area contributed by atoms with E-state index in [1.54, 1.807) is 0 Å². The first kappa shape index (κ1) is 15.6. The van der Waals surface area contributed by atoms with Gasteiger partial charge in [0.1, 0.15) is 0 Å². The lowest BCUT2D eigenvalue weighted by Gasteiger charge is -2.12. The van der Waals surface area contributed by atoms with Crippen molar-refractivity contribution in [3.05, 3.63) is 52.3 Å². The summed E-state index contributed by atoms with van der Waals surface area (Å²) in [7, 11) is 1.88. The predicted molar refractivity (Wildman–Crippen MR) is 77.1 cm³/mol. The Kier molecular flexibility index (Phi) is 4.73. The van der Waals surface area contributed by atoms with Gasteiger partial charge in [-0.3, -0.25) is 4.68 Å². The molecule has 0 saturated heterocycles. The molecule has 2 rings (SSSR count). The summed E-state index contributed by atoms with van der Waals surface area (Å²) in [6.45, 7) is 3.91. The number of aliphatic hydroxyl groups excluding tert-OH is 1. The molecule has 0 aliphatic heterocycles. The lowest BCUT2D eigenvalue weighted by molar-refractivity contribution is 0.163. The molecule has 1 N–H and O–H groups in total. The molecule has 3 nitrogen and oxygen atoms in total. The van der Waals surface area contributed by atoms with Crippen molar-refractivity contribution in [1.82, 2.24) is 9.78 Å². The van der Waals surface area contributed by atoms with E-state index in [4.69, 9.17) is 0 Å². The first-order chi connectivity index (χ1) is 9.90. The first-order valence-electron chi connectivity index (χ1n) is 7.00. The maximum atomic E-state index is 13.6. The van der Waals surface area contributed by atoms with E-state index < -0.39 is 17.7 Å². The lowest BCUT2D eigenvalue weighted by Crippen LogP contribution is -2.13. The Morgan fingerprint density at radius 1 is 1.29 bits per heavy atom. The zero-order valence-electron chi connectivity index (χ0n) is 12.5. The van der Waals surface area contributed by atoms with E-state index in [-0.39, 0.29) is 12.0 Å². The monoisotopic (exact) mass is 294 g/mol. The molecule has 0 spiro atoms. The Morgan fingerprint density at radius 3 is 2.62 bits per heavy atom. The Morgan fingerprint density at radius 2 is 2.00 bits per heavy atom. The average molecular weight is 294 g/mol. The van der Waals surface area contributed by atoms with Crippen LogP contribution in [0.5, 0.6) is 0 Å². The van der Waals surface area contributed by atoms with Crippen LogP contribution in [0.25, 0.3) is 0 Å². The molecule has 1 unspecified atom stereocenters. The summed E-state index contributed by atoms with van der Waals surface area (Å²) in [4.78, 5) is 0. The maximum absolute atomic E-state index is 13.6. The largest absolute Gasteiger partial charge is 0.393 e. The molecule has 0 amide bonds. The second-order valence-corrected chi connectivity index (χ2v) is 5.38. The molecule has 0 radical (unpaired) electrons. The Hall–Kier alpha value is -1.75. The molecular formula is C16H20F2N2O. The molecule has 1 aromatic heterocycles. The van der Waals surface area contributed by atoms with Crippen molar-refractivity contribution in [2.75, 3.05) is 0 Å². The van der Waals surface area contributed by atoms with Gasteiger partial charge >= 0.3 is 0 Å². The second kappa shape index (κ2) is 6.35. The third-order valence-corrected chi connectivity index (χ3v) is 3.87. The third kappa shape index (κ3) is 3.47. The highest BCUT2D eigenvalue weighted by Gasteiger charge is 2.15. The standard InChI is InChI=1S/C16H20F2N2O/c1-10-14(11(2)20(3)19-10)8-7-13(21)9-12-5-4-6-15(17)16(12)18/h4-6,13,21H,7-9H2,1-3H3. The summed E-state index contributed by atoms with van der Waals surface area (Å²) in [6, 6.07) is 4.03. The van der Waals surface area contributed by atoms with Crippen LogP contribution in [0.3, 0.4) is 0 Å². The minimum absolute atomic E-state index is 0.113. The van der Waals surface area contributed by atoms with Crippen molar-refractivity contribution in [3.8, 4) is 0 Å². The topological polar surface area (TPSA) is 38.0 Å². The fourth-order valence-corrected chi connectivity index (χ4v) is 2.55. The summed E-state index contributed by atoms with van der Waals surface area (Å²) in [5, 5.41) is 14.4. The van der Waals surface area contributed by atoms with Gasteiger partial charge in [-0.15, -0.1) is 0 Å². The van der Waals surface area contributed by atoms with Gasteiger partial charge in [-0.2, -0.15) is 5.10 Å². The molecule has 2 aromatic rings. The number of aliphatic hydroxyl groups is 1. The van der Waals surface area contributed by atoms with Crippen LogP contribution in [0.15, 0.2) is 18.2 Å². The molecule has 0 aliphatic carbocycles. The molecule has 21 heavy (non-hydrogen) atoms. The summed E-state index contributed by atoms with van der Waals surface area (Å²) < 4.78 is 28.5. The SMILES string of the molecule is Cc1nn(C)c(C)c1CCC(O)Cc1cccc(F)c1F. The molecule has 0 bridgehead atoms. The summed E-state index contributed by atoms with van der Waals surface area (Å²) in [5.74, 6) is -1.75. The molecule has 0 fully saturated rings. The highest BCUT2D eigenvalue weighted by molar-refractivity contribution is 5.25. The second-order valence-electron chi connectivity index (χ2n) is 5.38. The van der Waals surface area contributed by atoms with Crippen molar-refractivity contribution < 1.29 is 13.9 Å². The minimum Gasteiger partial charge on any atom is -0.393 e. The summed E-state index contributed by atoms with van der Waals surface area (Å²) in [6.07, 6.45) is 0.565. The van der Waals surface area contributed by atoms with E-state index in [9.17, 15) is 13.9 Å².